The molecule has 1 aromatic rings. The predicted molar refractivity (Wildman–Crippen MR) is 87.0 cm³/mol. The number of hydrogen-bond donors (Lipinski definition) is 0. The third-order valence-corrected chi connectivity index (χ3v) is 4.28. The highest BCUT2D eigenvalue weighted by Gasteiger charge is 2.32. The zero-order chi connectivity index (χ0) is 16.3. The van der Waals surface area contributed by atoms with E-state index in [9.17, 15) is 9.59 Å². The monoisotopic (exact) mass is 324 g/mol. The van der Waals surface area contributed by atoms with Crippen LogP contribution in [-0.2, 0) is 16.0 Å². The molecule has 122 valence electrons. The third kappa shape index (κ3) is 4.47. The highest BCUT2D eigenvalue weighted by Crippen LogP contribution is 2.17. The summed E-state index contributed by atoms with van der Waals surface area (Å²) in [5.74, 6) is 0.120. The smallest absolute Gasteiger partial charge is 0.410 e. The van der Waals surface area contributed by atoms with Gasteiger partial charge in [-0.3, -0.25) is 4.79 Å². The molecule has 0 aliphatic carbocycles. The molecule has 2 rings (SSSR count). The van der Waals surface area contributed by atoms with E-state index in [1.165, 1.54) is 0 Å². The first-order chi connectivity index (χ1) is 10.3. The SMILES string of the molecule is C[C@H]1CN(C(=O)Cc2ccsc2)CCN1C(=O)OC(C)(C)C. The first kappa shape index (κ1) is 16.8. The maximum Gasteiger partial charge on any atom is 0.410 e. The molecule has 0 spiro atoms. The lowest BCUT2D eigenvalue weighted by Crippen LogP contribution is -2.56. The average molecular weight is 324 g/mol. The van der Waals surface area contributed by atoms with Crippen LogP contribution in [0.1, 0.15) is 33.3 Å². The predicted octanol–water partition coefficient (Wildman–Crippen LogP) is 2.76. The highest BCUT2D eigenvalue weighted by atomic mass is 32.1. The number of carbonyl (C=O) groups is 2. The highest BCUT2D eigenvalue weighted by molar-refractivity contribution is 7.07. The largest absolute Gasteiger partial charge is 0.444 e. The van der Waals surface area contributed by atoms with Gasteiger partial charge in [-0.15, -0.1) is 0 Å². The molecule has 1 aliphatic heterocycles. The molecule has 2 heterocycles. The molecule has 22 heavy (non-hydrogen) atoms. The summed E-state index contributed by atoms with van der Waals surface area (Å²) in [4.78, 5) is 28.0. The molecule has 5 nitrogen and oxygen atoms in total. The summed E-state index contributed by atoms with van der Waals surface area (Å²) >= 11 is 1.60. The summed E-state index contributed by atoms with van der Waals surface area (Å²) in [5, 5.41) is 3.98. The molecule has 1 fully saturated rings. The molecule has 2 amide bonds. The Morgan fingerprint density at radius 2 is 2.09 bits per heavy atom. The van der Waals surface area contributed by atoms with Crippen LogP contribution in [0.15, 0.2) is 16.8 Å². The lowest BCUT2D eigenvalue weighted by molar-refractivity contribution is -0.133. The van der Waals surface area contributed by atoms with Gasteiger partial charge in [-0.05, 0) is 50.1 Å². The molecular weight excluding hydrogens is 300 g/mol. The van der Waals surface area contributed by atoms with Gasteiger partial charge >= 0.3 is 6.09 Å². The lowest BCUT2D eigenvalue weighted by atomic mass is 10.1. The van der Waals surface area contributed by atoms with E-state index in [0.717, 1.165) is 5.56 Å². The first-order valence-electron chi connectivity index (χ1n) is 7.55. The Balaban J connectivity index is 1.89. The van der Waals surface area contributed by atoms with Crippen molar-refractivity contribution in [3.8, 4) is 0 Å². The van der Waals surface area contributed by atoms with E-state index in [1.807, 2.05) is 49.4 Å². The fraction of sp³-hybridized carbons (Fsp3) is 0.625. The first-order valence-corrected chi connectivity index (χ1v) is 8.49. The van der Waals surface area contributed by atoms with E-state index in [4.69, 9.17) is 4.74 Å². The fourth-order valence-corrected chi connectivity index (χ4v) is 3.12. The summed E-state index contributed by atoms with van der Waals surface area (Å²) in [7, 11) is 0. The number of nitrogens with zero attached hydrogens (tertiary/aromatic N) is 2. The number of rotatable bonds is 2. The molecule has 1 aliphatic rings. The molecule has 6 heteroatoms. The average Bonchev–Trinajstić information content (AvgIpc) is 2.89. The van der Waals surface area contributed by atoms with Gasteiger partial charge in [0, 0.05) is 25.7 Å². The van der Waals surface area contributed by atoms with Crippen molar-refractivity contribution in [2.75, 3.05) is 19.6 Å². The topological polar surface area (TPSA) is 49.9 Å². The van der Waals surface area contributed by atoms with Gasteiger partial charge in [0.1, 0.15) is 5.60 Å². The van der Waals surface area contributed by atoms with E-state index in [0.29, 0.717) is 26.1 Å². The van der Waals surface area contributed by atoms with Gasteiger partial charge in [-0.2, -0.15) is 11.3 Å². The van der Waals surface area contributed by atoms with Crippen LogP contribution in [-0.4, -0.2) is 53.1 Å². The molecule has 0 bridgehead atoms. The van der Waals surface area contributed by atoms with Crippen molar-refractivity contribution >= 4 is 23.3 Å². The maximum atomic E-state index is 12.3. The number of hydrogen-bond acceptors (Lipinski definition) is 4. The third-order valence-electron chi connectivity index (χ3n) is 3.54. The van der Waals surface area contributed by atoms with Crippen molar-refractivity contribution in [2.24, 2.45) is 0 Å². The van der Waals surface area contributed by atoms with Gasteiger partial charge in [0.2, 0.25) is 5.91 Å². The van der Waals surface area contributed by atoms with Crippen LogP contribution in [0.5, 0.6) is 0 Å². The second-order valence-electron chi connectivity index (χ2n) is 6.67. The van der Waals surface area contributed by atoms with Crippen LogP contribution < -0.4 is 0 Å². The number of ether oxygens (including phenoxy) is 1. The zero-order valence-electron chi connectivity index (χ0n) is 13.7. The van der Waals surface area contributed by atoms with Crippen LogP contribution in [0.2, 0.25) is 0 Å². The molecule has 0 aromatic carbocycles. The van der Waals surface area contributed by atoms with Crippen LogP contribution in [0.25, 0.3) is 0 Å². The van der Waals surface area contributed by atoms with E-state index in [1.54, 1.807) is 16.2 Å². The Kier molecular flexibility index (Phi) is 5.11. The van der Waals surface area contributed by atoms with Gasteiger partial charge in [-0.25, -0.2) is 4.79 Å². The second-order valence-corrected chi connectivity index (χ2v) is 7.45. The van der Waals surface area contributed by atoms with Crippen molar-refractivity contribution in [2.45, 2.75) is 45.8 Å². The lowest BCUT2D eigenvalue weighted by Gasteiger charge is -2.40. The molecule has 1 aromatic heterocycles. The maximum absolute atomic E-state index is 12.3. The minimum atomic E-state index is -0.497. The van der Waals surface area contributed by atoms with E-state index in [2.05, 4.69) is 0 Å². The van der Waals surface area contributed by atoms with E-state index < -0.39 is 5.60 Å². The van der Waals surface area contributed by atoms with Crippen molar-refractivity contribution in [1.82, 2.24) is 9.80 Å². The molecular formula is C16H24N2O3S. The molecule has 0 N–H and O–H groups in total. The summed E-state index contributed by atoms with van der Waals surface area (Å²) < 4.78 is 5.41. The number of thiophene rings is 1. The van der Waals surface area contributed by atoms with Crippen molar-refractivity contribution in [3.05, 3.63) is 22.4 Å². The van der Waals surface area contributed by atoms with Gasteiger partial charge < -0.3 is 14.5 Å². The summed E-state index contributed by atoms with van der Waals surface area (Å²) in [6.07, 6.45) is 0.132. The Labute approximate surface area is 135 Å². The number of carbonyl (C=O) groups excluding carboxylic acids is 2. The molecule has 1 saturated heterocycles. The minimum Gasteiger partial charge on any atom is -0.444 e. The molecule has 0 unspecified atom stereocenters. The standard InChI is InChI=1S/C16H24N2O3S/c1-12-10-17(14(19)9-13-5-8-22-11-13)6-7-18(12)15(20)21-16(2,3)4/h5,8,11-12H,6-7,9-10H2,1-4H3/t12-/m0/s1. The van der Waals surface area contributed by atoms with Gasteiger partial charge in [0.05, 0.1) is 6.42 Å². The molecule has 0 radical (unpaired) electrons. The zero-order valence-corrected chi connectivity index (χ0v) is 14.5. The van der Waals surface area contributed by atoms with Gasteiger partial charge in [-0.1, -0.05) is 0 Å². The molecule has 0 saturated carbocycles. The normalized spacial score (nSPS) is 19.2. The minimum absolute atomic E-state index is 0.0324. The Bertz CT molecular complexity index is 522. The number of piperazine rings is 1. The van der Waals surface area contributed by atoms with Gasteiger partial charge in [0.15, 0.2) is 0 Å². The second kappa shape index (κ2) is 6.69. The van der Waals surface area contributed by atoms with Gasteiger partial charge in [0.25, 0.3) is 0 Å². The summed E-state index contributed by atoms with van der Waals surface area (Å²) in [6, 6.07) is 1.94. The van der Waals surface area contributed by atoms with Crippen LogP contribution in [0.3, 0.4) is 0 Å². The Hall–Kier alpha value is -1.56. The van der Waals surface area contributed by atoms with Crippen molar-refractivity contribution in [3.63, 3.8) is 0 Å². The van der Waals surface area contributed by atoms with Crippen LogP contribution in [0.4, 0.5) is 4.79 Å². The fourth-order valence-electron chi connectivity index (χ4n) is 2.46. The van der Waals surface area contributed by atoms with Crippen LogP contribution in [0, 0.1) is 0 Å². The van der Waals surface area contributed by atoms with E-state index >= 15 is 0 Å². The Morgan fingerprint density at radius 1 is 1.36 bits per heavy atom. The van der Waals surface area contributed by atoms with Crippen molar-refractivity contribution in [1.29, 1.82) is 0 Å². The van der Waals surface area contributed by atoms with Crippen LogP contribution >= 0.6 is 11.3 Å². The van der Waals surface area contributed by atoms with Crippen molar-refractivity contribution < 1.29 is 14.3 Å². The summed E-state index contributed by atoms with van der Waals surface area (Å²) in [5.41, 5.74) is 0.556. The summed E-state index contributed by atoms with van der Waals surface area (Å²) in [6.45, 7) is 9.16. The Morgan fingerprint density at radius 3 is 2.64 bits per heavy atom. The van der Waals surface area contributed by atoms with E-state index in [-0.39, 0.29) is 18.0 Å². The quantitative estimate of drug-likeness (QED) is 0.840. The number of amides is 2. The molecule has 1 atom stereocenters.